The van der Waals surface area contributed by atoms with Crippen molar-refractivity contribution in [3.63, 3.8) is 0 Å². The molecular formula is C16H26N4O. The molecule has 21 heavy (non-hydrogen) atoms. The van der Waals surface area contributed by atoms with E-state index in [0.717, 1.165) is 43.2 Å². The van der Waals surface area contributed by atoms with E-state index in [-0.39, 0.29) is 5.91 Å². The molecule has 2 rings (SSSR count). The zero-order valence-electron chi connectivity index (χ0n) is 13.2. The molecule has 1 aliphatic rings. The number of amides is 1. The van der Waals surface area contributed by atoms with Crippen molar-refractivity contribution in [2.24, 2.45) is 5.92 Å². The zero-order chi connectivity index (χ0) is 15.4. The monoisotopic (exact) mass is 290 g/mol. The van der Waals surface area contributed by atoms with Gasteiger partial charge in [0.15, 0.2) is 0 Å². The predicted molar refractivity (Wildman–Crippen MR) is 89.0 cm³/mol. The van der Waals surface area contributed by atoms with Crippen LogP contribution in [0, 0.1) is 5.92 Å². The summed E-state index contributed by atoms with van der Waals surface area (Å²) in [5.74, 6) is 0.701. The van der Waals surface area contributed by atoms with Gasteiger partial charge in [0.1, 0.15) is 0 Å². The Balaban J connectivity index is 2.38. The van der Waals surface area contributed by atoms with E-state index >= 15 is 0 Å². The highest BCUT2D eigenvalue weighted by Crippen LogP contribution is 2.32. The van der Waals surface area contributed by atoms with E-state index in [1.807, 2.05) is 20.0 Å². The number of anilines is 3. The molecule has 4 N–H and O–H groups in total. The molecule has 0 radical (unpaired) electrons. The number of rotatable bonds is 4. The highest BCUT2D eigenvalue weighted by Gasteiger charge is 2.22. The molecule has 1 amide bonds. The van der Waals surface area contributed by atoms with Gasteiger partial charge < -0.3 is 21.3 Å². The second kappa shape index (κ2) is 6.70. The Morgan fingerprint density at radius 2 is 2.05 bits per heavy atom. The van der Waals surface area contributed by atoms with Gasteiger partial charge in [0.2, 0.25) is 0 Å². The molecule has 0 saturated carbocycles. The molecule has 1 fully saturated rings. The van der Waals surface area contributed by atoms with E-state index in [9.17, 15) is 4.79 Å². The standard InChI is InChI=1S/C16H26N4O/c1-4-19-16(21)12-9-13(17)14(18-3)10-15(12)20-7-5-11(2)6-8-20/h9-11,18H,4-8,17H2,1-3H3,(H,19,21). The van der Waals surface area contributed by atoms with E-state index in [0.29, 0.717) is 17.8 Å². The minimum Gasteiger partial charge on any atom is -0.397 e. The van der Waals surface area contributed by atoms with Crippen LogP contribution in [0.15, 0.2) is 12.1 Å². The van der Waals surface area contributed by atoms with Crippen LogP contribution in [0.25, 0.3) is 0 Å². The van der Waals surface area contributed by atoms with E-state index < -0.39 is 0 Å². The van der Waals surface area contributed by atoms with Gasteiger partial charge in [-0.1, -0.05) is 6.92 Å². The number of nitrogen functional groups attached to an aromatic ring is 1. The van der Waals surface area contributed by atoms with Gasteiger partial charge in [-0.2, -0.15) is 0 Å². The Morgan fingerprint density at radius 3 is 2.62 bits per heavy atom. The molecule has 1 aromatic rings. The molecule has 1 heterocycles. The van der Waals surface area contributed by atoms with Crippen LogP contribution < -0.4 is 21.3 Å². The number of piperidine rings is 1. The van der Waals surface area contributed by atoms with Crippen molar-refractivity contribution in [2.45, 2.75) is 26.7 Å². The SMILES string of the molecule is CCNC(=O)c1cc(N)c(NC)cc1N1CCC(C)CC1. The van der Waals surface area contributed by atoms with Crippen molar-refractivity contribution in [2.75, 3.05) is 42.6 Å². The summed E-state index contributed by atoms with van der Waals surface area (Å²) in [6, 6.07) is 3.78. The lowest BCUT2D eigenvalue weighted by Gasteiger charge is -2.33. The van der Waals surface area contributed by atoms with Crippen molar-refractivity contribution in [3.05, 3.63) is 17.7 Å². The molecule has 116 valence electrons. The van der Waals surface area contributed by atoms with Crippen molar-refractivity contribution >= 4 is 23.0 Å². The molecule has 5 heteroatoms. The number of hydrogen-bond acceptors (Lipinski definition) is 4. The van der Waals surface area contributed by atoms with Crippen LogP contribution in [0.3, 0.4) is 0 Å². The highest BCUT2D eigenvalue weighted by atomic mass is 16.1. The molecule has 0 spiro atoms. The molecule has 1 aliphatic heterocycles. The van der Waals surface area contributed by atoms with Crippen molar-refractivity contribution in [3.8, 4) is 0 Å². The molecule has 0 unspecified atom stereocenters. The van der Waals surface area contributed by atoms with Crippen molar-refractivity contribution < 1.29 is 4.79 Å². The molecular weight excluding hydrogens is 264 g/mol. The van der Waals surface area contributed by atoms with Crippen LogP contribution in [0.5, 0.6) is 0 Å². The first kappa shape index (κ1) is 15.5. The predicted octanol–water partition coefficient (Wildman–Crippen LogP) is 2.30. The summed E-state index contributed by atoms with van der Waals surface area (Å²) in [4.78, 5) is 14.6. The maximum Gasteiger partial charge on any atom is 0.253 e. The maximum absolute atomic E-state index is 12.3. The Bertz CT molecular complexity index is 507. The Labute approximate surface area is 126 Å². The summed E-state index contributed by atoms with van der Waals surface area (Å²) in [6.45, 7) is 6.79. The van der Waals surface area contributed by atoms with E-state index in [4.69, 9.17) is 5.73 Å². The molecule has 0 aliphatic carbocycles. The van der Waals surface area contributed by atoms with E-state index in [2.05, 4.69) is 22.5 Å². The first-order valence-corrected chi connectivity index (χ1v) is 7.71. The third-order valence-corrected chi connectivity index (χ3v) is 4.14. The number of nitrogens with zero attached hydrogens (tertiary/aromatic N) is 1. The fourth-order valence-corrected chi connectivity index (χ4v) is 2.77. The van der Waals surface area contributed by atoms with Crippen molar-refractivity contribution in [1.29, 1.82) is 0 Å². The summed E-state index contributed by atoms with van der Waals surface area (Å²) in [5.41, 5.74) is 9.15. The first-order chi connectivity index (χ1) is 10.1. The van der Waals surface area contributed by atoms with Crippen LogP contribution in [0.2, 0.25) is 0 Å². The summed E-state index contributed by atoms with van der Waals surface area (Å²) < 4.78 is 0. The molecule has 0 aromatic heterocycles. The zero-order valence-corrected chi connectivity index (χ0v) is 13.2. The lowest BCUT2D eigenvalue weighted by atomic mass is 9.97. The lowest BCUT2D eigenvalue weighted by molar-refractivity contribution is 0.0956. The lowest BCUT2D eigenvalue weighted by Crippen LogP contribution is -2.35. The summed E-state index contributed by atoms with van der Waals surface area (Å²) in [5, 5.41) is 5.97. The number of carbonyl (C=O) groups is 1. The van der Waals surface area contributed by atoms with Gasteiger partial charge in [-0.25, -0.2) is 0 Å². The number of nitrogens with one attached hydrogen (secondary N) is 2. The number of nitrogens with two attached hydrogens (primary N) is 1. The van der Waals surface area contributed by atoms with Gasteiger partial charge in [0.05, 0.1) is 22.6 Å². The van der Waals surface area contributed by atoms with Crippen molar-refractivity contribution in [1.82, 2.24) is 5.32 Å². The number of benzene rings is 1. The van der Waals surface area contributed by atoms with Gasteiger partial charge in [0.25, 0.3) is 5.91 Å². The first-order valence-electron chi connectivity index (χ1n) is 7.71. The second-order valence-corrected chi connectivity index (χ2v) is 5.74. The fourth-order valence-electron chi connectivity index (χ4n) is 2.77. The van der Waals surface area contributed by atoms with Gasteiger partial charge in [-0.15, -0.1) is 0 Å². The highest BCUT2D eigenvalue weighted by molar-refractivity contribution is 6.02. The Hall–Kier alpha value is -1.91. The molecule has 1 aromatic carbocycles. The molecule has 5 nitrogen and oxygen atoms in total. The molecule has 0 atom stereocenters. The topological polar surface area (TPSA) is 70.4 Å². The van der Waals surface area contributed by atoms with Crippen LogP contribution in [0.1, 0.15) is 37.0 Å². The second-order valence-electron chi connectivity index (χ2n) is 5.74. The third kappa shape index (κ3) is 3.40. The van der Waals surface area contributed by atoms with Gasteiger partial charge in [-0.3, -0.25) is 4.79 Å². The number of hydrogen-bond donors (Lipinski definition) is 3. The van der Waals surface area contributed by atoms with Crippen LogP contribution in [-0.2, 0) is 0 Å². The average molecular weight is 290 g/mol. The molecule has 1 saturated heterocycles. The number of carbonyl (C=O) groups excluding carboxylic acids is 1. The normalized spacial score (nSPS) is 15.9. The third-order valence-electron chi connectivity index (χ3n) is 4.14. The van der Waals surface area contributed by atoms with Crippen LogP contribution in [-0.4, -0.2) is 32.6 Å². The minimum atomic E-state index is -0.0551. The Kier molecular flexibility index (Phi) is 4.94. The smallest absolute Gasteiger partial charge is 0.253 e. The van der Waals surface area contributed by atoms with Gasteiger partial charge in [-0.05, 0) is 37.8 Å². The summed E-state index contributed by atoms with van der Waals surface area (Å²) in [7, 11) is 1.85. The summed E-state index contributed by atoms with van der Waals surface area (Å²) in [6.07, 6.45) is 2.32. The van der Waals surface area contributed by atoms with Crippen LogP contribution in [0.4, 0.5) is 17.1 Å². The van der Waals surface area contributed by atoms with Gasteiger partial charge >= 0.3 is 0 Å². The Morgan fingerprint density at radius 1 is 1.38 bits per heavy atom. The quantitative estimate of drug-likeness (QED) is 0.744. The largest absolute Gasteiger partial charge is 0.397 e. The van der Waals surface area contributed by atoms with E-state index in [1.54, 1.807) is 6.07 Å². The van der Waals surface area contributed by atoms with Gasteiger partial charge in [0, 0.05) is 26.7 Å². The van der Waals surface area contributed by atoms with Crippen LogP contribution >= 0.6 is 0 Å². The molecule has 0 bridgehead atoms. The van der Waals surface area contributed by atoms with E-state index in [1.165, 1.54) is 0 Å². The summed E-state index contributed by atoms with van der Waals surface area (Å²) >= 11 is 0. The minimum absolute atomic E-state index is 0.0551. The fraction of sp³-hybridized carbons (Fsp3) is 0.562. The maximum atomic E-state index is 12.3. The average Bonchev–Trinajstić information content (AvgIpc) is 2.48.